The predicted molar refractivity (Wildman–Crippen MR) is 97.0 cm³/mol. The van der Waals surface area contributed by atoms with Gasteiger partial charge in [0.05, 0.1) is 5.02 Å². The minimum atomic E-state index is -4.57. The van der Waals surface area contributed by atoms with Crippen LogP contribution < -0.4 is 15.2 Å². The normalized spacial score (nSPS) is 17.1. The molecular weight excluding hydrogens is 381 g/mol. The van der Waals surface area contributed by atoms with Crippen molar-refractivity contribution < 1.29 is 22.6 Å². The van der Waals surface area contributed by atoms with Gasteiger partial charge in [-0.2, -0.15) is 13.2 Å². The summed E-state index contributed by atoms with van der Waals surface area (Å²) in [5.74, 6) is 0.713. The van der Waals surface area contributed by atoms with Crippen LogP contribution in [0.3, 0.4) is 0 Å². The number of hydrogen-bond acceptors (Lipinski definition) is 4. The minimum absolute atomic E-state index is 0.0406. The summed E-state index contributed by atoms with van der Waals surface area (Å²) < 4.78 is 51.2. The largest absolute Gasteiger partial charge is 0.490 e. The Labute approximate surface area is 160 Å². The molecule has 1 aromatic heterocycles. The molecule has 0 bridgehead atoms. The fourth-order valence-corrected chi connectivity index (χ4v) is 3.34. The molecule has 3 rings (SSSR count). The molecule has 0 amide bonds. The molecule has 0 spiro atoms. The number of rotatable bonds is 5. The first-order chi connectivity index (χ1) is 12.7. The van der Waals surface area contributed by atoms with E-state index in [1.807, 2.05) is 13.8 Å². The standard InChI is InChI=1S/C19H20ClF3N2O2/c1-10(2)5-11(24)9-26-17-7-16-13(6-15(17)20)12-3-4-25-8-14(12)18(27-16)19(21,22)23/h3-4,6-8,10-11,18H,5,9,24H2,1-2H3/t11-,18?/m0/s1. The Kier molecular flexibility index (Phi) is 5.53. The first-order valence-corrected chi connectivity index (χ1v) is 8.94. The van der Waals surface area contributed by atoms with E-state index in [-0.39, 0.29) is 34.7 Å². The lowest BCUT2D eigenvalue weighted by Gasteiger charge is -2.30. The lowest BCUT2D eigenvalue weighted by atomic mass is 9.94. The van der Waals surface area contributed by atoms with Crippen molar-refractivity contribution in [2.45, 2.75) is 38.6 Å². The van der Waals surface area contributed by atoms with E-state index < -0.39 is 12.3 Å². The maximum atomic E-state index is 13.4. The predicted octanol–water partition coefficient (Wildman–Crippen LogP) is 5.15. The number of halogens is 4. The zero-order valence-electron chi connectivity index (χ0n) is 14.9. The Hall–Kier alpha value is -1.99. The van der Waals surface area contributed by atoms with E-state index >= 15 is 0 Å². The van der Waals surface area contributed by atoms with Gasteiger partial charge in [-0.15, -0.1) is 0 Å². The average Bonchev–Trinajstić information content (AvgIpc) is 2.58. The second-order valence-electron chi connectivity index (χ2n) is 6.98. The van der Waals surface area contributed by atoms with Crippen LogP contribution in [0.1, 0.15) is 31.9 Å². The van der Waals surface area contributed by atoms with Crippen LogP contribution in [0, 0.1) is 5.92 Å². The fourth-order valence-electron chi connectivity index (χ4n) is 3.12. The maximum Gasteiger partial charge on any atom is 0.429 e. The molecule has 0 saturated carbocycles. The molecule has 0 fully saturated rings. The van der Waals surface area contributed by atoms with E-state index in [0.29, 0.717) is 17.0 Å². The highest BCUT2D eigenvalue weighted by Gasteiger charge is 2.46. The number of ether oxygens (including phenoxy) is 2. The smallest absolute Gasteiger partial charge is 0.429 e. The van der Waals surface area contributed by atoms with Crippen LogP contribution in [0.15, 0.2) is 30.6 Å². The summed E-state index contributed by atoms with van der Waals surface area (Å²) in [5.41, 5.74) is 6.81. The van der Waals surface area contributed by atoms with Crippen LogP contribution >= 0.6 is 11.6 Å². The molecule has 1 aliphatic heterocycles. The Morgan fingerprint density at radius 3 is 2.70 bits per heavy atom. The zero-order valence-corrected chi connectivity index (χ0v) is 15.6. The van der Waals surface area contributed by atoms with Crippen LogP contribution in [-0.4, -0.2) is 23.8 Å². The molecule has 4 nitrogen and oxygen atoms in total. The van der Waals surface area contributed by atoms with E-state index in [4.69, 9.17) is 26.8 Å². The summed E-state index contributed by atoms with van der Waals surface area (Å²) in [6, 6.07) is 4.26. The summed E-state index contributed by atoms with van der Waals surface area (Å²) in [6.45, 7) is 4.30. The Morgan fingerprint density at radius 2 is 2.04 bits per heavy atom. The van der Waals surface area contributed by atoms with Crippen LogP contribution in [0.5, 0.6) is 11.5 Å². The lowest BCUT2D eigenvalue weighted by Crippen LogP contribution is -2.30. The molecule has 1 aromatic carbocycles. The maximum absolute atomic E-state index is 13.4. The van der Waals surface area contributed by atoms with Gasteiger partial charge in [0.25, 0.3) is 0 Å². The van der Waals surface area contributed by atoms with Gasteiger partial charge in [-0.3, -0.25) is 4.98 Å². The first-order valence-electron chi connectivity index (χ1n) is 8.56. The van der Waals surface area contributed by atoms with Crippen LogP contribution in [0.2, 0.25) is 5.02 Å². The summed E-state index contributed by atoms with van der Waals surface area (Å²) >= 11 is 6.28. The fraction of sp³-hybridized carbons (Fsp3) is 0.421. The summed E-state index contributed by atoms with van der Waals surface area (Å²) in [6.07, 6.45) is -3.30. The van der Waals surface area contributed by atoms with Gasteiger partial charge in [-0.25, -0.2) is 0 Å². The van der Waals surface area contributed by atoms with Gasteiger partial charge in [0.2, 0.25) is 6.10 Å². The zero-order chi connectivity index (χ0) is 19.8. The summed E-state index contributed by atoms with van der Waals surface area (Å²) in [7, 11) is 0. The molecular formula is C19H20ClF3N2O2. The third-order valence-corrected chi connectivity index (χ3v) is 4.52. The van der Waals surface area contributed by atoms with Crippen molar-refractivity contribution in [2.24, 2.45) is 11.7 Å². The van der Waals surface area contributed by atoms with Gasteiger partial charge in [0.15, 0.2) is 0 Å². The van der Waals surface area contributed by atoms with Crippen molar-refractivity contribution in [3.05, 3.63) is 41.2 Å². The number of benzene rings is 1. The topological polar surface area (TPSA) is 57.4 Å². The van der Waals surface area contributed by atoms with Crippen LogP contribution in [-0.2, 0) is 0 Å². The molecule has 146 valence electrons. The highest BCUT2D eigenvalue weighted by molar-refractivity contribution is 6.32. The van der Waals surface area contributed by atoms with E-state index in [9.17, 15) is 13.2 Å². The van der Waals surface area contributed by atoms with Crippen molar-refractivity contribution in [1.29, 1.82) is 0 Å². The van der Waals surface area contributed by atoms with Crippen molar-refractivity contribution in [1.82, 2.24) is 4.98 Å². The van der Waals surface area contributed by atoms with E-state index in [1.54, 1.807) is 6.07 Å². The Bertz CT molecular complexity index is 827. The van der Waals surface area contributed by atoms with E-state index in [1.165, 1.54) is 24.5 Å². The number of nitrogens with zero attached hydrogens (tertiary/aromatic N) is 1. The van der Waals surface area contributed by atoms with Gasteiger partial charge < -0.3 is 15.2 Å². The number of hydrogen-bond donors (Lipinski definition) is 1. The van der Waals surface area contributed by atoms with Gasteiger partial charge in [-0.1, -0.05) is 25.4 Å². The number of fused-ring (bicyclic) bond motifs is 3. The Morgan fingerprint density at radius 1 is 1.30 bits per heavy atom. The Balaban J connectivity index is 1.93. The van der Waals surface area contributed by atoms with Crippen LogP contribution in [0.4, 0.5) is 13.2 Å². The average molecular weight is 401 g/mol. The van der Waals surface area contributed by atoms with Crippen molar-refractivity contribution in [2.75, 3.05) is 6.61 Å². The number of aromatic nitrogens is 1. The van der Waals surface area contributed by atoms with Crippen LogP contribution in [0.25, 0.3) is 11.1 Å². The molecule has 27 heavy (non-hydrogen) atoms. The van der Waals surface area contributed by atoms with Gasteiger partial charge >= 0.3 is 6.18 Å². The number of nitrogens with two attached hydrogens (primary N) is 1. The third-order valence-electron chi connectivity index (χ3n) is 4.23. The second kappa shape index (κ2) is 7.56. The van der Waals surface area contributed by atoms with Crippen molar-refractivity contribution in [3.63, 3.8) is 0 Å². The highest BCUT2D eigenvalue weighted by atomic mass is 35.5. The van der Waals surface area contributed by atoms with Crippen molar-refractivity contribution >= 4 is 11.6 Å². The molecule has 1 aliphatic rings. The van der Waals surface area contributed by atoms with E-state index in [2.05, 4.69) is 4.98 Å². The second-order valence-corrected chi connectivity index (χ2v) is 7.39. The molecule has 0 aliphatic carbocycles. The molecule has 1 unspecified atom stereocenters. The van der Waals surface area contributed by atoms with Gasteiger partial charge in [0.1, 0.15) is 18.1 Å². The molecule has 2 heterocycles. The van der Waals surface area contributed by atoms with Gasteiger partial charge in [0, 0.05) is 35.6 Å². The van der Waals surface area contributed by atoms with Crippen molar-refractivity contribution in [3.8, 4) is 22.6 Å². The third kappa shape index (κ3) is 4.30. The van der Waals surface area contributed by atoms with Gasteiger partial charge in [-0.05, 0) is 30.0 Å². The molecule has 2 atom stereocenters. The van der Waals surface area contributed by atoms with E-state index in [0.717, 1.165) is 6.42 Å². The molecule has 2 aromatic rings. The highest BCUT2D eigenvalue weighted by Crippen LogP contribution is 2.50. The first kappa shape index (κ1) is 19.8. The number of alkyl halides is 3. The molecule has 0 saturated heterocycles. The monoisotopic (exact) mass is 400 g/mol. The molecule has 8 heteroatoms. The lowest BCUT2D eigenvalue weighted by molar-refractivity contribution is -0.198. The number of pyridine rings is 1. The molecule has 0 radical (unpaired) electrons. The summed E-state index contributed by atoms with van der Waals surface area (Å²) in [4.78, 5) is 3.80. The molecule has 2 N–H and O–H groups in total. The SMILES string of the molecule is CC(C)C[C@H](N)COc1cc2c(cc1Cl)-c1ccncc1C(C(F)(F)F)O2. The minimum Gasteiger partial charge on any atom is -0.490 e. The summed E-state index contributed by atoms with van der Waals surface area (Å²) in [5, 5.41) is 0.280. The quantitative estimate of drug-likeness (QED) is 0.754.